The lowest BCUT2D eigenvalue weighted by Crippen LogP contribution is -1.81. The molecule has 0 unspecified atom stereocenters. The summed E-state index contributed by atoms with van der Waals surface area (Å²) >= 11 is 5.43. The summed E-state index contributed by atoms with van der Waals surface area (Å²) in [5.41, 5.74) is 2.58. The Morgan fingerprint density at radius 3 is 2.83 bits per heavy atom. The number of hydrogen-bond donors (Lipinski definition) is 0. The molecule has 0 fully saturated rings. The smallest absolute Gasteiger partial charge is 0.287 e. The van der Waals surface area contributed by atoms with Crippen LogP contribution in [-0.4, -0.2) is 10.2 Å². The molecule has 0 saturated carbocycles. The highest BCUT2D eigenvalue weighted by atomic mass is 35.5. The second-order valence-electron chi connectivity index (χ2n) is 3.84. The van der Waals surface area contributed by atoms with E-state index in [1.54, 1.807) is 24.5 Å². The maximum absolute atomic E-state index is 11.1. The average molecular weight is 258 g/mol. The van der Waals surface area contributed by atoms with Crippen molar-refractivity contribution in [3.63, 3.8) is 0 Å². The number of hydrogen-bond acceptors (Lipinski definition) is 3. The summed E-state index contributed by atoms with van der Waals surface area (Å²) in [5.74, 6) is 0.156. The Labute approximate surface area is 108 Å². The summed E-state index contributed by atoms with van der Waals surface area (Å²) in [4.78, 5) is 15.2. The van der Waals surface area contributed by atoms with Crippen molar-refractivity contribution < 1.29 is 9.21 Å². The predicted molar refractivity (Wildman–Crippen MR) is 69.6 cm³/mol. The Balaban J connectivity index is 2.27. The van der Waals surface area contributed by atoms with Gasteiger partial charge in [-0.3, -0.25) is 9.78 Å². The Morgan fingerprint density at radius 1 is 1.22 bits per heavy atom. The molecular formula is C14H8ClNO2. The van der Waals surface area contributed by atoms with Crippen LogP contribution in [0.4, 0.5) is 0 Å². The van der Waals surface area contributed by atoms with E-state index in [1.165, 1.54) is 0 Å². The SMILES string of the molecule is O=C(Cl)c1cc2c(-c3cccnc3)cccc2o1. The molecule has 0 aliphatic carbocycles. The number of carbonyl (C=O) groups excluding carboxylic acids is 1. The Hall–Kier alpha value is -2.13. The molecule has 0 saturated heterocycles. The van der Waals surface area contributed by atoms with Gasteiger partial charge in [-0.1, -0.05) is 18.2 Å². The molecule has 3 rings (SSSR count). The van der Waals surface area contributed by atoms with Gasteiger partial charge in [-0.15, -0.1) is 0 Å². The lowest BCUT2D eigenvalue weighted by atomic mass is 10.0. The zero-order valence-electron chi connectivity index (χ0n) is 9.26. The van der Waals surface area contributed by atoms with Crippen molar-refractivity contribution in [2.45, 2.75) is 0 Å². The Kier molecular flexibility index (Phi) is 2.61. The highest BCUT2D eigenvalue weighted by Crippen LogP contribution is 2.30. The van der Waals surface area contributed by atoms with Crippen molar-refractivity contribution in [1.29, 1.82) is 0 Å². The number of aromatic nitrogens is 1. The van der Waals surface area contributed by atoms with E-state index < -0.39 is 5.24 Å². The molecule has 0 amide bonds. The highest BCUT2D eigenvalue weighted by molar-refractivity contribution is 6.67. The van der Waals surface area contributed by atoms with Crippen LogP contribution in [0.25, 0.3) is 22.1 Å². The van der Waals surface area contributed by atoms with Crippen molar-refractivity contribution in [3.05, 3.63) is 54.6 Å². The van der Waals surface area contributed by atoms with Crippen LogP contribution in [0.15, 0.2) is 53.2 Å². The average Bonchev–Trinajstić information content (AvgIpc) is 2.83. The van der Waals surface area contributed by atoms with E-state index in [0.29, 0.717) is 5.58 Å². The first kappa shape index (κ1) is 11.0. The number of benzene rings is 1. The third kappa shape index (κ3) is 1.79. The van der Waals surface area contributed by atoms with Crippen molar-refractivity contribution >= 4 is 27.8 Å². The van der Waals surface area contributed by atoms with Gasteiger partial charge in [-0.2, -0.15) is 0 Å². The molecule has 0 atom stereocenters. The number of rotatable bonds is 2. The standard InChI is InChI=1S/C14H8ClNO2/c15-14(17)13-7-11-10(4-1-5-12(11)18-13)9-3-2-6-16-8-9/h1-8H. The fourth-order valence-corrected chi connectivity index (χ4v) is 2.02. The van der Waals surface area contributed by atoms with Crippen LogP contribution in [-0.2, 0) is 0 Å². The third-order valence-corrected chi connectivity index (χ3v) is 2.91. The quantitative estimate of drug-likeness (QED) is 0.655. The number of carbonyl (C=O) groups is 1. The third-order valence-electron chi connectivity index (χ3n) is 2.73. The molecule has 2 aromatic heterocycles. The summed E-state index contributed by atoms with van der Waals surface area (Å²) in [6.45, 7) is 0. The number of pyridine rings is 1. The van der Waals surface area contributed by atoms with E-state index in [9.17, 15) is 4.79 Å². The van der Waals surface area contributed by atoms with Crippen molar-refractivity contribution in [2.75, 3.05) is 0 Å². The van der Waals surface area contributed by atoms with E-state index in [4.69, 9.17) is 16.0 Å². The van der Waals surface area contributed by atoms with Gasteiger partial charge in [0.2, 0.25) is 0 Å². The molecule has 0 aliphatic heterocycles. The van der Waals surface area contributed by atoms with Crippen LogP contribution in [0.5, 0.6) is 0 Å². The first-order valence-corrected chi connectivity index (χ1v) is 5.76. The molecule has 0 radical (unpaired) electrons. The zero-order chi connectivity index (χ0) is 12.5. The molecule has 88 valence electrons. The number of nitrogens with zero attached hydrogens (tertiary/aromatic N) is 1. The highest BCUT2D eigenvalue weighted by Gasteiger charge is 2.12. The number of halogens is 1. The van der Waals surface area contributed by atoms with Gasteiger partial charge in [0.25, 0.3) is 5.24 Å². The van der Waals surface area contributed by atoms with Gasteiger partial charge in [0.15, 0.2) is 5.76 Å². The Bertz CT molecular complexity index is 719. The molecule has 18 heavy (non-hydrogen) atoms. The summed E-state index contributed by atoms with van der Waals surface area (Å²) < 4.78 is 5.39. The van der Waals surface area contributed by atoms with E-state index in [2.05, 4.69) is 4.98 Å². The monoisotopic (exact) mass is 257 g/mol. The van der Waals surface area contributed by atoms with Crippen LogP contribution in [0.2, 0.25) is 0 Å². The molecule has 3 nitrogen and oxygen atoms in total. The van der Waals surface area contributed by atoms with Crippen molar-refractivity contribution in [3.8, 4) is 11.1 Å². The minimum absolute atomic E-state index is 0.156. The minimum Gasteiger partial charge on any atom is -0.452 e. The predicted octanol–water partition coefficient (Wildman–Crippen LogP) is 3.87. The molecule has 2 heterocycles. The minimum atomic E-state index is -0.594. The molecule has 1 aromatic carbocycles. The first-order valence-electron chi connectivity index (χ1n) is 5.38. The van der Waals surface area contributed by atoms with Crippen molar-refractivity contribution in [1.82, 2.24) is 4.98 Å². The normalized spacial score (nSPS) is 10.7. The molecule has 4 heteroatoms. The van der Waals surface area contributed by atoms with Crippen LogP contribution in [0.1, 0.15) is 10.6 Å². The summed E-state index contributed by atoms with van der Waals surface area (Å²) in [5, 5.41) is 0.262. The lowest BCUT2D eigenvalue weighted by Gasteiger charge is -2.01. The van der Waals surface area contributed by atoms with E-state index >= 15 is 0 Å². The number of fused-ring (bicyclic) bond motifs is 1. The molecule has 0 N–H and O–H groups in total. The number of furan rings is 1. The van der Waals surface area contributed by atoms with Gasteiger partial charge in [0, 0.05) is 23.3 Å². The largest absolute Gasteiger partial charge is 0.452 e. The fourth-order valence-electron chi connectivity index (χ4n) is 1.93. The molecule has 3 aromatic rings. The van der Waals surface area contributed by atoms with E-state index in [0.717, 1.165) is 16.5 Å². The molecule has 0 bridgehead atoms. The van der Waals surface area contributed by atoms with Crippen LogP contribution < -0.4 is 0 Å². The van der Waals surface area contributed by atoms with Gasteiger partial charge < -0.3 is 4.42 Å². The topological polar surface area (TPSA) is 43.1 Å². The summed E-state index contributed by atoms with van der Waals surface area (Å²) in [7, 11) is 0. The van der Waals surface area contributed by atoms with Gasteiger partial charge >= 0.3 is 0 Å². The van der Waals surface area contributed by atoms with Gasteiger partial charge in [0.05, 0.1) is 0 Å². The van der Waals surface area contributed by atoms with Gasteiger partial charge in [0.1, 0.15) is 5.58 Å². The van der Waals surface area contributed by atoms with E-state index in [1.807, 2.05) is 24.3 Å². The second kappa shape index (κ2) is 4.27. The maximum Gasteiger partial charge on any atom is 0.287 e. The van der Waals surface area contributed by atoms with Gasteiger partial charge in [-0.05, 0) is 35.4 Å². The summed E-state index contributed by atoms with van der Waals surface area (Å²) in [6, 6.07) is 11.1. The van der Waals surface area contributed by atoms with Crippen LogP contribution >= 0.6 is 11.6 Å². The molecule has 0 spiro atoms. The molecule has 0 aliphatic rings. The Morgan fingerprint density at radius 2 is 2.11 bits per heavy atom. The van der Waals surface area contributed by atoms with Crippen molar-refractivity contribution in [2.24, 2.45) is 0 Å². The van der Waals surface area contributed by atoms with Crippen LogP contribution in [0.3, 0.4) is 0 Å². The van der Waals surface area contributed by atoms with Crippen LogP contribution in [0, 0.1) is 0 Å². The molecular weight excluding hydrogens is 250 g/mol. The first-order chi connectivity index (χ1) is 8.75. The fraction of sp³-hybridized carbons (Fsp3) is 0. The maximum atomic E-state index is 11.1. The zero-order valence-corrected chi connectivity index (χ0v) is 10.0. The second-order valence-corrected chi connectivity index (χ2v) is 4.19. The lowest BCUT2D eigenvalue weighted by molar-refractivity contribution is 0.105. The summed E-state index contributed by atoms with van der Waals surface area (Å²) in [6.07, 6.45) is 3.48. The van der Waals surface area contributed by atoms with Gasteiger partial charge in [-0.25, -0.2) is 0 Å². The van der Waals surface area contributed by atoms with E-state index in [-0.39, 0.29) is 5.76 Å².